The number of methoxy groups -OCH3 is 1. The van der Waals surface area contributed by atoms with E-state index in [2.05, 4.69) is 16.6 Å². The summed E-state index contributed by atoms with van der Waals surface area (Å²) in [6.07, 6.45) is -0.629. The Labute approximate surface area is 106 Å². The predicted octanol–water partition coefficient (Wildman–Crippen LogP) is 3.25. The standard InChI is InChI=1S/C13H13ClO3/c1-3-11(17-13(15)16-2)9-8-10-6-4-5-7-12(10)14/h4-7,11H,3H2,1-2H3. The number of carbonyl (C=O) groups is 1. The van der Waals surface area contributed by atoms with Gasteiger partial charge in [0.05, 0.1) is 12.1 Å². The maximum Gasteiger partial charge on any atom is 0.509 e. The molecular weight excluding hydrogens is 240 g/mol. The summed E-state index contributed by atoms with van der Waals surface area (Å²) in [6, 6.07) is 7.24. The molecular formula is C13H13ClO3. The van der Waals surface area contributed by atoms with Gasteiger partial charge in [-0.1, -0.05) is 42.5 Å². The topological polar surface area (TPSA) is 35.5 Å². The zero-order chi connectivity index (χ0) is 12.7. The minimum Gasteiger partial charge on any atom is -0.438 e. The van der Waals surface area contributed by atoms with Crippen molar-refractivity contribution < 1.29 is 14.3 Å². The van der Waals surface area contributed by atoms with Gasteiger partial charge in [-0.05, 0) is 18.6 Å². The molecule has 0 N–H and O–H groups in total. The van der Waals surface area contributed by atoms with Gasteiger partial charge in [0.1, 0.15) is 0 Å². The van der Waals surface area contributed by atoms with E-state index in [0.29, 0.717) is 17.0 Å². The molecule has 1 unspecified atom stereocenters. The molecule has 0 bridgehead atoms. The average Bonchev–Trinajstić information content (AvgIpc) is 2.35. The molecule has 0 aliphatic carbocycles. The quantitative estimate of drug-likeness (QED) is 0.599. The summed E-state index contributed by atoms with van der Waals surface area (Å²) >= 11 is 5.95. The number of hydrogen-bond acceptors (Lipinski definition) is 3. The first-order valence-corrected chi connectivity index (χ1v) is 5.55. The monoisotopic (exact) mass is 252 g/mol. The van der Waals surface area contributed by atoms with Crippen molar-refractivity contribution in [3.8, 4) is 11.8 Å². The van der Waals surface area contributed by atoms with Crippen LogP contribution < -0.4 is 0 Å². The van der Waals surface area contributed by atoms with Crippen molar-refractivity contribution in [3.63, 3.8) is 0 Å². The van der Waals surface area contributed by atoms with Gasteiger partial charge in [-0.15, -0.1) is 0 Å². The Hall–Kier alpha value is -1.66. The summed E-state index contributed by atoms with van der Waals surface area (Å²) in [6.45, 7) is 1.87. The van der Waals surface area contributed by atoms with Crippen molar-refractivity contribution in [2.24, 2.45) is 0 Å². The maximum absolute atomic E-state index is 10.9. The lowest BCUT2D eigenvalue weighted by molar-refractivity contribution is 0.0543. The summed E-state index contributed by atoms with van der Waals surface area (Å²) < 4.78 is 9.34. The van der Waals surface area contributed by atoms with Crippen LogP contribution in [0.3, 0.4) is 0 Å². The van der Waals surface area contributed by atoms with E-state index in [4.69, 9.17) is 16.3 Å². The van der Waals surface area contributed by atoms with E-state index >= 15 is 0 Å². The first kappa shape index (κ1) is 13.4. The van der Waals surface area contributed by atoms with Crippen LogP contribution in [0.25, 0.3) is 0 Å². The summed E-state index contributed by atoms with van der Waals surface area (Å²) in [5.41, 5.74) is 0.709. The van der Waals surface area contributed by atoms with E-state index in [9.17, 15) is 4.79 Å². The molecule has 3 nitrogen and oxygen atoms in total. The highest BCUT2D eigenvalue weighted by Crippen LogP contribution is 2.13. The van der Waals surface area contributed by atoms with Gasteiger partial charge in [0, 0.05) is 5.56 Å². The van der Waals surface area contributed by atoms with Crippen LogP contribution in [0.15, 0.2) is 24.3 Å². The molecule has 0 saturated carbocycles. The second kappa shape index (κ2) is 6.82. The molecule has 0 saturated heterocycles. The van der Waals surface area contributed by atoms with Crippen LogP contribution in [0.2, 0.25) is 5.02 Å². The second-order valence-electron chi connectivity index (χ2n) is 3.22. The van der Waals surface area contributed by atoms with Crippen LogP contribution in [0.5, 0.6) is 0 Å². The van der Waals surface area contributed by atoms with Gasteiger partial charge >= 0.3 is 6.16 Å². The molecule has 1 atom stereocenters. The Kier molecular flexibility index (Phi) is 5.38. The normalized spacial score (nSPS) is 11.0. The molecule has 1 rings (SSSR count). The molecule has 1 aromatic carbocycles. The van der Waals surface area contributed by atoms with Crippen molar-refractivity contribution in [3.05, 3.63) is 34.9 Å². The van der Waals surface area contributed by atoms with E-state index in [1.165, 1.54) is 7.11 Å². The lowest BCUT2D eigenvalue weighted by atomic mass is 10.2. The molecule has 0 aromatic heterocycles. The van der Waals surface area contributed by atoms with Gasteiger partial charge in [-0.2, -0.15) is 0 Å². The van der Waals surface area contributed by atoms with E-state index in [0.717, 1.165) is 0 Å². The highest BCUT2D eigenvalue weighted by Gasteiger charge is 2.09. The van der Waals surface area contributed by atoms with E-state index in [1.807, 2.05) is 19.1 Å². The Morgan fingerprint density at radius 3 is 2.76 bits per heavy atom. The van der Waals surface area contributed by atoms with Crippen LogP contribution >= 0.6 is 11.6 Å². The van der Waals surface area contributed by atoms with Crippen molar-refractivity contribution in [1.29, 1.82) is 0 Å². The number of halogens is 1. The number of benzene rings is 1. The zero-order valence-corrected chi connectivity index (χ0v) is 10.5. The smallest absolute Gasteiger partial charge is 0.438 e. The molecule has 0 heterocycles. The highest BCUT2D eigenvalue weighted by atomic mass is 35.5. The molecule has 4 heteroatoms. The minimum absolute atomic E-state index is 0.487. The fourth-order valence-corrected chi connectivity index (χ4v) is 1.28. The van der Waals surface area contributed by atoms with Gasteiger partial charge in [-0.25, -0.2) is 4.79 Å². The summed E-state index contributed by atoms with van der Waals surface area (Å²) in [5, 5.41) is 0.577. The van der Waals surface area contributed by atoms with Crippen molar-refractivity contribution in [2.75, 3.05) is 7.11 Å². The number of carbonyl (C=O) groups excluding carboxylic acids is 1. The lowest BCUT2D eigenvalue weighted by Crippen LogP contribution is -2.15. The Balaban J connectivity index is 2.75. The first-order valence-electron chi connectivity index (χ1n) is 5.18. The van der Waals surface area contributed by atoms with Crippen LogP contribution in [-0.4, -0.2) is 19.4 Å². The molecule has 17 heavy (non-hydrogen) atoms. The van der Waals surface area contributed by atoms with Gasteiger partial charge in [0.25, 0.3) is 0 Å². The minimum atomic E-state index is -0.731. The summed E-state index contributed by atoms with van der Waals surface area (Å²) in [7, 11) is 1.26. The average molecular weight is 253 g/mol. The van der Waals surface area contributed by atoms with E-state index < -0.39 is 12.3 Å². The Bertz CT molecular complexity index is 445. The van der Waals surface area contributed by atoms with Gasteiger partial charge in [-0.3, -0.25) is 0 Å². The van der Waals surface area contributed by atoms with Crippen molar-refractivity contribution >= 4 is 17.8 Å². The van der Waals surface area contributed by atoms with E-state index in [1.54, 1.807) is 12.1 Å². The Morgan fingerprint density at radius 1 is 1.47 bits per heavy atom. The van der Waals surface area contributed by atoms with Gasteiger partial charge in [0.2, 0.25) is 0 Å². The molecule has 0 fully saturated rings. The molecule has 0 radical (unpaired) electrons. The van der Waals surface area contributed by atoms with Crippen LogP contribution in [0.1, 0.15) is 18.9 Å². The second-order valence-corrected chi connectivity index (χ2v) is 3.63. The number of hydrogen-bond donors (Lipinski definition) is 0. The third kappa shape index (κ3) is 4.38. The fourth-order valence-electron chi connectivity index (χ4n) is 1.10. The maximum atomic E-state index is 10.9. The Morgan fingerprint density at radius 2 is 2.18 bits per heavy atom. The molecule has 0 aliphatic heterocycles. The SMILES string of the molecule is CCC(C#Cc1ccccc1Cl)OC(=O)OC. The molecule has 90 valence electrons. The third-order valence-corrected chi connectivity index (χ3v) is 2.35. The number of rotatable bonds is 2. The molecule has 0 spiro atoms. The first-order chi connectivity index (χ1) is 8.17. The number of ether oxygens (including phenoxy) is 2. The predicted molar refractivity (Wildman–Crippen MR) is 65.9 cm³/mol. The van der Waals surface area contributed by atoms with Gasteiger partial charge < -0.3 is 9.47 Å². The van der Waals surface area contributed by atoms with E-state index in [-0.39, 0.29) is 0 Å². The molecule has 0 aliphatic rings. The van der Waals surface area contributed by atoms with Gasteiger partial charge in [0.15, 0.2) is 6.10 Å². The summed E-state index contributed by atoms with van der Waals surface area (Å²) in [5.74, 6) is 5.71. The molecule has 0 amide bonds. The van der Waals surface area contributed by atoms with Crippen molar-refractivity contribution in [1.82, 2.24) is 0 Å². The fraction of sp³-hybridized carbons (Fsp3) is 0.308. The lowest BCUT2D eigenvalue weighted by Gasteiger charge is -2.07. The van der Waals surface area contributed by atoms with Crippen LogP contribution in [-0.2, 0) is 9.47 Å². The third-order valence-electron chi connectivity index (χ3n) is 2.02. The largest absolute Gasteiger partial charge is 0.509 e. The van der Waals surface area contributed by atoms with Crippen LogP contribution in [0, 0.1) is 11.8 Å². The molecule has 1 aromatic rings. The zero-order valence-electron chi connectivity index (χ0n) is 9.70. The highest BCUT2D eigenvalue weighted by molar-refractivity contribution is 6.31. The van der Waals surface area contributed by atoms with Crippen molar-refractivity contribution in [2.45, 2.75) is 19.4 Å². The van der Waals surface area contributed by atoms with Crippen LogP contribution in [0.4, 0.5) is 4.79 Å². The summed E-state index contributed by atoms with van der Waals surface area (Å²) in [4.78, 5) is 10.9.